The predicted octanol–water partition coefficient (Wildman–Crippen LogP) is 1.45. The number of piperidine rings is 1. The molecule has 1 fully saturated rings. The Morgan fingerprint density at radius 1 is 1.44 bits per heavy atom. The number of nitrogens with one attached hydrogen (secondary N) is 1. The van der Waals surface area contributed by atoms with E-state index >= 15 is 0 Å². The van der Waals surface area contributed by atoms with Crippen LogP contribution in [-0.4, -0.2) is 18.3 Å². The minimum atomic E-state index is 0.774. The normalized spacial score (nSPS) is 28.3. The summed E-state index contributed by atoms with van der Waals surface area (Å²) in [4.78, 5) is 0. The van der Waals surface area contributed by atoms with Gasteiger partial charge in [0.25, 0.3) is 0 Å². The lowest BCUT2D eigenvalue weighted by atomic mass is 10.0. The molecule has 0 aliphatic carbocycles. The summed E-state index contributed by atoms with van der Waals surface area (Å²) in [5.41, 5.74) is 0. The third-order valence-corrected chi connectivity index (χ3v) is 2.15. The van der Waals surface area contributed by atoms with Crippen molar-refractivity contribution in [3.05, 3.63) is 0 Å². The smallest absolute Gasteiger partial charge is 0.00748 e. The summed E-state index contributed by atoms with van der Waals surface area (Å²) in [5.74, 6) is 1.03. The first-order valence-electron chi connectivity index (χ1n) is 3.77. The SMILES string of the molecule is SCCC1CCCCN1. The molecule has 0 spiro atoms. The molecule has 54 valence electrons. The molecule has 0 aromatic carbocycles. The fourth-order valence-corrected chi connectivity index (χ4v) is 1.64. The van der Waals surface area contributed by atoms with Gasteiger partial charge in [-0.15, -0.1) is 0 Å². The van der Waals surface area contributed by atoms with E-state index in [1.54, 1.807) is 0 Å². The van der Waals surface area contributed by atoms with Crippen molar-refractivity contribution in [3.63, 3.8) is 0 Å². The van der Waals surface area contributed by atoms with E-state index in [0.29, 0.717) is 0 Å². The molecule has 9 heavy (non-hydrogen) atoms. The number of hydrogen-bond donors (Lipinski definition) is 2. The van der Waals surface area contributed by atoms with Crippen LogP contribution in [0.1, 0.15) is 25.7 Å². The second-order valence-corrected chi connectivity index (χ2v) is 3.11. The van der Waals surface area contributed by atoms with E-state index in [1.165, 1.54) is 32.2 Å². The van der Waals surface area contributed by atoms with E-state index in [9.17, 15) is 0 Å². The largest absolute Gasteiger partial charge is 0.314 e. The van der Waals surface area contributed by atoms with Crippen LogP contribution in [0.3, 0.4) is 0 Å². The molecule has 1 saturated heterocycles. The topological polar surface area (TPSA) is 12.0 Å². The summed E-state index contributed by atoms with van der Waals surface area (Å²) < 4.78 is 0. The maximum absolute atomic E-state index is 4.19. The quantitative estimate of drug-likeness (QED) is 0.560. The molecule has 1 unspecified atom stereocenters. The zero-order valence-electron chi connectivity index (χ0n) is 5.77. The lowest BCUT2D eigenvalue weighted by molar-refractivity contribution is 0.395. The molecule has 1 rings (SSSR count). The first-order valence-corrected chi connectivity index (χ1v) is 4.41. The van der Waals surface area contributed by atoms with E-state index in [0.717, 1.165) is 11.8 Å². The van der Waals surface area contributed by atoms with Gasteiger partial charge in [-0.3, -0.25) is 0 Å². The Morgan fingerprint density at radius 3 is 2.89 bits per heavy atom. The minimum absolute atomic E-state index is 0.774. The number of hydrogen-bond acceptors (Lipinski definition) is 2. The van der Waals surface area contributed by atoms with Gasteiger partial charge in [0.2, 0.25) is 0 Å². The van der Waals surface area contributed by atoms with Gasteiger partial charge >= 0.3 is 0 Å². The number of thiol groups is 1. The highest BCUT2D eigenvalue weighted by Crippen LogP contribution is 2.09. The maximum atomic E-state index is 4.19. The summed E-state index contributed by atoms with van der Waals surface area (Å²) >= 11 is 4.19. The highest BCUT2D eigenvalue weighted by molar-refractivity contribution is 7.80. The van der Waals surface area contributed by atoms with Gasteiger partial charge in [0.1, 0.15) is 0 Å². The van der Waals surface area contributed by atoms with Crippen molar-refractivity contribution in [2.24, 2.45) is 0 Å². The van der Waals surface area contributed by atoms with Crippen LogP contribution in [0.25, 0.3) is 0 Å². The second-order valence-electron chi connectivity index (χ2n) is 2.66. The molecule has 0 bridgehead atoms. The van der Waals surface area contributed by atoms with E-state index < -0.39 is 0 Å². The molecule has 0 aromatic rings. The molecule has 0 aromatic heterocycles. The van der Waals surface area contributed by atoms with Gasteiger partial charge in [-0.05, 0) is 31.6 Å². The number of rotatable bonds is 2. The molecule has 0 amide bonds. The molecule has 1 N–H and O–H groups in total. The van der Waals surface area contributed by atoms with Crippen LogP contribution in [0, 0.1) is 0 Å². The van der Waals surface area contributed by atoms with Gasteiger partial charge in [0.05, 0.1) is 0 Å². The van der Waals surface area contributed by atoms with Crippen molar-refractivity contribution in [2.45, 2.75) is 31.7 Å². The van der Waals surface area contributed by atoms with E-state index in [-0.39, 0.29) is 0 Å². The molecule has 1 aliphatic heterocycles. The van der Waals surface area contributed by atoms with Crippen LogP contribution in [0.4, 0.5) is 0 Å². The average Bonchev–Trinajstić information content (AvgIpc) is 1.91. The van der Waals surface area contributed by atoms with Crippen LogP contribution in [0.15, 0.2) is 0 Å². The van der Waals surface area contributed by atoms with Crippen molar-refractivity contribution in [1.82, 2.24) is 5.32 Å². The molecule has 0 radical (unpaired) electrons. The average molecular weight is 145 g/mol. The third kappa shape index (κ3) is 2.59. The van der Waals surface area contributed by atoms with E-state index in [2.05, 4.69) is 17.9 Å². The summed E-state index contributed by atoms with van der Waals surface area (Å²) in [6.07, 6.45) is 5.37. The fourth-order valence-electron chi connectivity index (χ4n) is 1.33. The van der Waals surface area contributed by atoms with Gasteiger partial charge < -0.3 is 5.32 Å². The first kappa shape index (κ1) is 7.42. The van der Waals surface area contributed by atoms with Gasteiger partial charge in [-0.2, -0.15) is 12.6 Å². The van der Waals surface area contributed by atoms with E-state index in [4.69, 9.17) is 0 Å². The van der Waals surface area contributed by atoms with Crippen molar-refractivity contribution in [2.75, 3.05) is 12.3 Å². The van der Waals surface area contributed by atoms with Crippen molar-refractivity contribution in [3.8, 4) is 0 Å². The third-order valence-electron chi connectivity index (χ3n) is 1.89. The highest BCUT2D eigenvalue weighted by atomic mass is 32.1. The van der Waals surface area contributed by atoms with Crippen LogP contribution in [-0.2, 0) is 0 Å². The Morgan fingerprint density at radius 2 is 2.33 bits per heavy atom. The Labute approximate surface area is 62.6 Å². The van der Waals surface area contributed by atoms with Gasteiger partial charge in [-0.25, -0.2) is 0 Å². The molecule has 1 atom stereocenters. The molecule has 2 heteroatoms. The van der Waals surface area contributed by atoms with Crippen LogP contribution >= 0.6 is 12.6 Å². The molecule has 1 aliphatic rings. The van der Waals surface area contributed by atoms with Gasteiger partial charge in [0.15, 0.2) is 0 Å². The van der Waals surface area contributed by atoms with Crippen molar-refractivity contribution < 1.29 is 0 Å². The minimum Gasteiger partial charge on any atom is -0.314 e. The van der Waals surface area contributed by atoms with E-state index in [1.807, 2.05) is 0 Å². The molecule has 1 nitrogen and oxygen atoms in total. The summed E-state index contributed by atoms with van der Waals surface area (Å²) in [7, 11) is 0. The summed E-state index contributed by atoms with van der Waals surface area (Å²) in [6.45, 7) is 1.22. The maximum Gasteiger partial charge on any atom is 0.00748 e. The predicted molar refractivity (Wildman–Crippen MR) is 44.1 cm³/mol. The lowest BCUT2D eigenvalue weighted by Gasteiger charge is -2.22. The fraction of sp³-hybridized carbons (Fsp3) is 1.00. The van der Waals surface area contributed by atoms with Crippen molar-refractivity contribution in [1.29, 1.82) is 0 Å². The zero-order valence-corrected chi connectivity index (χ0v) is 6.66. The van der Waals surface area contributed by atoms with Gasteiger partial charge in [-0.1, -0.05) is 6.42 Å². The Hall–Kier alpha value is 0.310. The molecular formula is C7H15NS. The Bertz CT molecular complexity index is 66.6. The summed E-state index contributed by atoms with van der Waals surface area (Å²) in [5, 5.41) is 3.47. The lowest BCUT2D eigenvalue weighted by Crippen LogP contribution is -2.34. The molecule has 1 heterocycles. The molecule has 0 saturated carbocycles. The van der Waals surface area contributed by atoms with Crippen LogP contribution < -0.4 is 5.32 Å². The first-order chi connectivity index (χ1) is 4.43. The van der Waals surface area contributed by atoms with Gasteiger partial charge in [0, 0.05) is 6.04 Å². The monoisotopic (exact) mass is 145 g/mol. The Kier molecular flexibility index (Phi) is 3.44. The standard InChI is InChI=1S/C7H15NS/c9-6-4-7-3-1-2-5-8-7/h7-9H,1-6H2. The second kappa shape index (κ2) is 4.18. The zero-order chi connectivity index (χ0) is 6.53. The molecular weight excluding hydrogens is 130 g/mol. The Balaban J connectivity index is 2.08. The summed E-state index contributed by atoms with van der Waals surface area (Å²) in [6, 6.07) is 0.774. The van der Waals surface area contributed by atoms with Crippen LogP contribution in [0.5, 0.6) is 0 Å². The van der Waals surface area contributed by atoms with Crippen LogP contribution in [0.2, 0.25) is 0 Å². The van der Waals surface area contributed by atoms with Crippen molar-refractivity contribution >= 4 is 12.6 Å². The highest BCUT2D eigenvalue weighted by Gasteiger charge is 2.09.